The average molecular weight is 283 g/mol. The predicted molar refractivity (Wildman–Crippen MR) is 78.1 cm³/mol. The first-order valence-electron chi connectivity index (χ1n) is 7.02. The van der Waals surface area contributed by atoms with Crippen LogP contribution in [0.25, 0.3) is 0 Å². The van der Waals surface area contributed by atoms with Crippen molar-refractivity contribution < 1.29 is 9.53 Å². The second-order valence-corrected chi connectivity index (χ2v) is 5.18. The summed E-state index contributed by atoms with van der Waals surface area (Å²) in [5.74, 6) is 0.0510. The summed E-state index contributed by atoms with van der Waals surface area (Å²) in [5, 5.41) is 0. The van der Waals surface area contributed by atoms with E-state index in [1.807, 2.05) is 36.1 Å². The van der Waals surface area contributed by atoms with Gasteiger partial charge in [0.25, 0.3) is 5.91 Å². The summed E-state index contributed by atoms with van der Waals surface area (Å²) in [7, 11) is 0. The second-order valence-electron chi connectivity index (χ2n) is 5.18. The van der Waals surface area contributed by atoms with E-state index in [1.54, 1.807) is 18.5 Å². The van der Waals surface area contributed by atoms with Gasteiger partial charge in [0.05, 0.1) is 6.54 Å². The number of hydrogen-bond donors (Lipinski definition) is 0. The summed E-state index contributed by atoms with van der Waals surface area (Å²) in [6.45, 7) is 3.28. The van der Waals surface area contributed by atoms with Gasteiger partial charge in [-0.2, -0.15) is 0 Å². The molecule has 2 aromatic rings. The molecule has 21 heavy (non-hydrogen) atoms. The molecule has 2 heterocycles. The highest BCUT2D eigenvalue weighted by atomic mass is 16.5. The normalized spacial score (nSPS) is 17.8. The van der Waals surface area contributed by atoms with Crippen molar-refractivity contribution in [3.05, 3.63) is 53.9 Å². The van der Waals surface area contributed by atoms with Gasteiger partial charge in [0.15, 0.2) is 0 Å². The summed E-state index contributed by atoms with van der Waals surface area (Å²) in [6.07, 6.45) is 4.05. The Kier molecular flexibility index (Phi) is 3.81. The zero-order valence-corrected chi connectivity index (χ0v) is 11.9. The Hall–Kier alpha value is -2.43. The number of aryl methyl sites for hydroxylation is 1. The number of ether oxygens (including phenoxy) is 1. The van der Waals surface area contributed by atoms with E-state index in [-0.39, 0.29) is 12.0 Å². The lowest BCUT2D eigenvalue weighted by Gasteiger charge is -2.16. The molecular weight excluding hydrogens is 266 g/mol. The molecule has 0 bridgehead atoms. The number of aromatic nitrogens is 2. The molecule has 0 N–H and O–H groups in total. The summed E-state index contributed by atoms with van der Waals surface area (Å²) >= 11 is 0. The van der Waals surface area contributed by atoms with Gasteiger partial charge < -0.3 is 9.64 Å². The number of hydrogen-bond acceptors (Lipinski definition) is 4. The Bertz CT molecular complexity index is 613. The highest BCUT2D eigenvalue weighted by Gasteiger charge is 2.28. The van der Waals surface area contributed by atoms with Gasteiger partial charge in [-0.3, -0.25) is 4.79 Å². The van der Waals surface area contributed by atoms with Gasteiger partial charge in [-0.05, 0) is 25.1 Å². The molecule has 0 saturated carbocycles. The molecule has 1 atom stereocenters. The fourth-order valence-corrected chi connectivity index (χ4v) is 2.38. The van der Waals surface area contributed by atoms with E-state index in [1.165, 1.54) is 0 Å². The highest BCUT2D eigenvalue weighted by Crippen LogP contribution is 2.17. The quantitative estimate of drug-likeness (QED) is 0.865. The number of likely N-dealkylation sites (tertiary alicyclic amines) is 1. The Morgan fingerprint density at radius 3 is 2.67 bits per heavy atom. The van der Waals surface area contributed by atoms with Crippen molar-refractivity contribution in [2.24, 2.45) is 0 Å². The van der Waals surface area contributed by atoms with Crippen LogP contribution in [0, 0.1) is 6.92 Å². The monoisotopic (exact) mass is 283 g/mol. The highest BCUT2D eigenvalue weighted by molar-refractivity contribution is 5.94. The molecule has 1 aliphatic heterocycles. The molecule has 1 aromatic heterocycles. The first-order valence-corrected chi connectivity index (χ1v) is 7.02. The Morgan fingerprint density at radius 2 is 1.95 bits per heavy atom. The average Bonchev–Trinajstić information content (AvgIpc) is 2.97. The largest absolute Gasteiger partial charge is 0.458 e. The molecule has 3 rings (SSSR count). The maximum atomic E-state index is 12.4. The molecule has 1 amide bonds. The Labute approximate surface area is 123 Å². The lowest BCUT2D eigenvalue weighted by Crippen LogP contribution is -2.31. The summed E-state index contributed by atoms with van der Waals surface area (Å²) in [4.78, 5) is 22.3. The fraction of sp³-hybridized carbons (Fsp3) is 0.312. The van der Waals surface area contributed by atoms with Crippen LogP contribution in [0.2, 0.25) is 0 Å². The molecule has 0 radical (unpaired) electrons. The topological polar surface area (TPSA) is 55.3 Å². The van der Waals surface area contributed by atoms with Crippen molar-refractivity contribution in [3.63, 3.8) is 0 Å². The van der Waals surface area contributed by atoms with Gasteiger partial charge in [-0.15, -0.1) is 0 Å². The summed E-state index contributed by atoms with van der Waals surface area (Å²) in [5.41, 5.74) is 1.87. The SMILES string of the molecule is Cc1ccc(C(=O)N2CC[C@H](Oc3ncccn3)C2)cc1. The Balaban J connectivity index is 1.61. The second kappa shape index (κ2) is 5.91. The van der Waals surface area contributed by atoms with Crippen LogP contribution >= 0.6 is 0 Å². The number of nitrogens with zero attached hydrogens (tertiary/aromatic N) is 3. The van der Waals surface area contributed by atoms with Crippen LogP contribution in [-0.2, 0) is 0 Å². The predicted octanol–water partition coefficient (Wildman–Crippen LogP) is 2.08. The van der Waals surface area contributed by atoms with Crippen molar-refractivity contribution in [2.75, 3.05) is 13.1 Å². The third-order valence-corrected chi connectivity index (χ3v) is 3.54. The van der Waals surface area contributed by atoms with Crippen molar-refractivity contribution in [3.8, 4) is 6.01 Å². The van der Waals surface area contributed by atoms with E-state index in [0.717, 1.165) is 17.5 Å². The lowest BCUT2D eigenvalue weighted by atomic mass is 10.1. The van der Waals surface area contributed by atoms with E-state index >= 15 is 0 Å². The van der Waals surface area contributed by atoms with Crippen molar-refractivity contribution in [1.29, 1.82) is 0 Å². The first kappa shape index (κ1) is 13.5. The van der Waals surface area contributed by atoms with Crippen LogP contribution in [0.5, 0.6) is 6.01 Å². The zero-order valence-electron chi connectivity index (χ0n) is 11.9. The molecule has 1 aromatic carbocycles. The fourth-order valence-electron chi connectivity index (χ4n) is 2.38. The van der Waals surface area contributed by atoms with E-state index in [9.17, 15) is 4.79 Å². The number of amides is 1. The number of carbonyl (C=O) groups is 1. The summed E-state index contributed by atoms with van der Waals surface area (Å²) < 4.78 is 5.69. The molecule has 0 aliphatic carbocycles. The third kappa shape index (κ3) is 3.18. The number of carbonyl (C=O) groups excluding carboxylic acids is 1. The van der Waals surface area contributed by atoms with Gasteiger partial charge in [-0.25, -0.2) is 9.97 Å². The van der Waals surface area contributed by atoms with Crippen LogP contribution < -0.4 is 4.74 Å². The van der Waals surface area contributed by atoms with Gasteiger partial charge in [0, 0.05) is 30.9 Å². The smallest absolute Gasteiger partial charge is 0.316 e. The molecule has 1 aliphatic rings. The molecule has 5 nitrogen and oxygen atoms in total. The molecule has 0 unspecified atom stereocenters. The number of benzene rings is 1. The minimum Gasteiger partial charge on any atom is -0.458 e. The third-order valence-electron chi connectivity index (χ3n) is 3.54. The maximum absolute atomic E-state index is 12.4. The number of rotatable bonds is 3. The molecule has 1 saturated heterocycles. The molecule has 5 heteroatoms. The Morgan fingerprint density at radius 1 is 1.24 bits per heavy atom. The lowest BCUT2D eigenvalue weighted by molar-refractivity contribution is 0.0769. The van der Waals surface area contributed by atoms with Crippen molar-refractivity contribution in [2.45, 2.75) is 19.4 Å². The van der Waals surface area contributed by atoms with E-state index < -0.39 is 0 Å². The maximum Gasteiger partial charge on any atom is 0.316 e. The molecule has 108 valence electrons. The molecule has 1 fully saturated rings. The van der Waals surface area contributed by atoms with E-state index in [2.05, 4.69) is 9.97 Å². The van der Waals surface area contributed by atoms with E-state index in [0.29, 0.717) is 19.1 Å². The van der Waals surface area contributed by atoms with Gasteiger partial charge in [-0.1, -0.05) is 17.7 Å². The zero-order chi connectivity index (χ0) is 14.7. The van der Waals surface area contributed by atoms with Crippen molar-refractivity contribution >= 4 is 5.91 Å². The minimum absolute atomic E-state index is 0.0400. The summed E-state index contributed by atoms with van der Waals surface area (Å²) in [6, 6.07) is 9.75. The van der Waals surface area contributed by atoms with Gasteiger partial charge in [0.2, 0.25) is 0 Å². The minimum atomic E-state index is -0.0400. The van der Waals surface area contributed by atoms with Crippen molar-refractivity contribution in [1.82, 2.24) is 14.9 Å². The molecule has 0 spiro atoms. The van der Waals surface area contributed by atoms with Gasteiger partial charge in [0.1, 0.15) is 6.10 Å². The van der Waals surface area contributed by atoms with Gasteiger partial charge >= 0.3 is 6.01 Å². The van der Waals surface area contributed by atoms with Crippen LogP contribution in [-0.4, -0.2) is 40.0 Å². The van der Waals surface area contributed by atoms with E-state index in [4.69, 9.17) is 4.74 Å². The van der Waals surface area contributed by atoms with Crippen LogP contribution in [0.1, 0.15) is 22.3 Å². The molecular formula is C16H17N3O2. The van der Waals surface area contributed by atoms with Crippen LogP contribution in [0.3, 0.4) is 0 Å². The van der Waals surface area contributed by atoms with Crippen LogP contribution in [0.4, 0.5) is 0 Å². The standard InChI is InChI=1S/C16H17N3O2/c1-12-3-5-13(6-4-12)15(20)19-10-7-14(11-19)21-16-17-8-2-9-18-16/h2-6,8-9,14H,7,10-11H2,1H3/t14-/m0/s1. The first-order chi connectivity index (χ1) is 10.2. The van der Waals surface area contributed by atoms with Crippen LogP contribution in [0.15, 0.2) is 42.7 Å².